The maximum atomic E-state index is 5.28. The number of nitrogens with zero attached hydrogens (tertiary/aromatic N) is 3. The van der Waals surface area contributed by atoms with Gasteiger partial charge in [0.2, 0.25) is 0 Å². The van der Waals surface area contributed by atoms with E-state index in [1.54, 1.807) is 6.20 Å². The van der Waals surface area contributed by atoms with Gasteiger partial charge in [-0.3, -0.25) is 0 Å². The average molecular weight is 214 g/mol. The number of fused-ring (bicyclic) bond motifs is 1. The van der Waals surface area contributed by atoms with E-state index in [0.29, 0.717) is 17.2 Å². The topological polar surface area (TPSA) is 67.6 Å². The number of aromatic amines is 1. The van der Waals surface area contributed by atoms with Crippen molar-refractivity contribution < 1.29 is 4.42 Å². The molecule has 3 rings (SSSR count). The lowest BCUT2D eigenvalue weighted by Gasteiger charge is -1.89. The second-order valence-corrected chi connectivity index (χ2v) is 3.74. The molecule has 0 saturated heterocycles. The second-order valence-electron chi connectivity index (χ2n) is 3.74. The molecule has 0 bridgehead atoms. The third-order valence-corrected chi connectivity index (χ3v) is 2.43. The van der Waals surface area contributed by atoms with E-state index in [1.165, 1.54) is 6.39 Å². The van der Waals surface area contributed by atoms with Crippen LogP contribution in [0.25, 0.3) is 22.7 Å². The van der Waals surface area contributed by atoms with Gasteiger partial charge in [-0.05, 0) is 25.5 Å². The third-order valence-electron chi connectivity index (χ3n) is 2.43. The van der Waals surface area contributed by atoms with Gasteiger partial charge in [-0.1, -0.05) is 0 Å². The summed E-state index contributed by atoms with van der Waals surface area (Å²) in [5, 5.41) is 0. The van der Waals surface area contributed by atoms with Crippen molar-refractivity contribution in [3.63, 3.8) is 0 Å². The van der Waals surface area contributed by atoms with E-state index in [9.17, 15) is 0 Å². The molecule has 0 amide bonds. The van der Waals surface area contributed by atoms with Crippen LogP contribution < -0.4 is 0 Å². The predicted octanol–water partition coefficient (Wildman–Crippen LogP) is 2.23. The summed E-state index contributed by atoms with van der Waals surface area (Å²) in [6.45, 7) is 3.87. The van der Waals surface area contributed by atoms with Gasteiger partial charge < -0.3 is 9.40 Å². The smallest absolute Gasteiger partial charge is 0.192 e. The molecular formula is C11H10N4O. The summed E-state index contributed by atoms with van der Waals surface area (Å²) in [5.74, 6) is 1.33. The van der Waals surface area contributed by atoms with Crippen molar-refractivity contribution in [3.8, 4) is 11.6 Å². The molecule has 0 saturated carbocycles. The minimum Gasteiger partial charge on any atom is -0.440 e. The fourth-order valence-corrected chi connectivity index (χ4v) is 1.64. The molecule has 0 radical (unpaired) electrons. The standard InChI is InChI=1S/C11H10N4O/c1-6-3-8-10(12-4-6)15-11(14-8)9-7(2)13-5-16-9/h3-5H,1-2H3,(H,12,14,15). The molecule has 3 heterocycles. The van der Waals surface area contributed by atoms with E-state index in [1.807, 2.05) is 19.9 Å². The summed E-state index contributed by atoms with van der Waals surface area (Å²) < 4.78 is 5.28. The van der Waals surface area contributed by atoms with Crippen molar-refractivity contribution in [2.75, 3.05) is 0 Å². The first kappa shape index (κ1) is 9.08. The molecule has 1 N–H and O–H groups in total. The summed E-state index contributed by atoms with van der Waals surface area (Å²) in [5.41, 5.74) is 3.51. The zero-order valence-corrected chi connectivity index (χ0v) is 8.98. The van der Waals surface area contributed by atoms with Gasteiger partial charge in [0.25, 0.3) is 0 Å². The van der Waals surface area contributed by atoms with Crippen molar-refractivity contribution in [1.82, 2.24) is 19.9 Å². The number of pyridine rings is 1. The molecule has 5 nitrogen and oxygen atoms in total. The largest absolute Gasteiger partial charge is 0.440 e. The highest BCUT2D eigenvalue weighted by Gasteiger charge is 2.12. The third kappa shape index (κ3) is 1.29. The monoisotopic (exact) mass is 214 g/mol. The molecule has 16 heavy (non-hydrogen) atoms. The van der Waals surface area contributed by atoms with Gasteiger partial charge in [0.1, 0.15) is 0 Å². The number of nitrogens with one attached hydrogen (secondary N) is 1. The Morgan fingerprint density at radius 3 is 2.88 bits per heavy atom. The highest BCUT2D eigenvalue weighted by atomic mass is 16.3. The molecule has 5 heteroatoms. The molecule has 80 valence electrons. The highest BCUT2D eigenvalue weighted by Crippen LogP contribution is 2.22. The van der Waals surface area contributed by atoms with Crippen molar-refractivity contribution in [2.45, 2.75) is 13.8 Å². The lowest BCUT2D eigenvalue weighted by Crippen LogP contribution is -1.80. The lowest BCUT2D eigenvalue weighted by molar-refractivity contribution is 0.567. The number of aromatic nitrogens is 4. The van der Waals surface area contributed by atoms with Gasteiger partial charge in [-0.2, -0.15) is 0 Å². The number of oxazole rings is 1. The highest BCUT2D eigenvalue weighted by molar-refractivity contribution is 5.75. The Kier molecular flexibility index (Phi) is 1.80. The average Bonchev–Trinajstić information content (AvgIpc) is 2.82. The van der Waals surface area contributed by atoms with Crippen molar-refractivity contribution in [3.05, 3.63) is 29.9 Å². The Bertz CT molecular complexity index is 653. The van der Waals surface area contributed by atoms with Crippen LogP contribution >= 0.6 is 0 Å². The molecule has 0 fully saturated rings. The van der Waals surface area contributed by atoms with Crippen LogP contribution in [-0.2, 0) is 0 Å². The minimum atomic E-state index is 0.663. The normalized spacial score (nSPS) is 11.1. The van der Waals surface area contributed by atoms with E-state index in [4.69, 9.17) is 4.42 Å². The van der Waals surface area contributed by atoms with Crippen LogP contribution in [0.2, 0.25) is 0 Å². The van der Waals surface area contributed by atoms with Crippen LogP contribution in [0, 0.1) is 13.8 Å². The summed E-state index contributed by atoms with van der Waals surface area (Å²) in [6, 6.07) is 2.00. The predicted molar refractivity (Wildman–Crippen MR) is 58.9 cm³/mol. The van der Waals surface area contributed by atoms with Gasteiger partial charge in [-0.25, -0.2) is 15.0 Å². The minimum absolute atomic E-state index is 0.663. The van der Waals surface area contributed by atoms with Crippen molar-refractivity contribution >= 4 is 11.2 Å². The van der Waals surface area contributed by atoms with Crippen LogP contribution in [0.15, 0.2) is 23.1 Å². The Labute approximate surface area is 91.6 Å². The Morgan fingerprint density at radius 2 is 2.12 bits per heavy atom. The quantitative estimate of drug-likeness (QED) is 0.674. The fraction of sp³-hybridized carbons (Fsp3) is 0.182. The molecule has 0 aromatic carbocycles. The number of H-pyrrole nitrogens is 1. The van der Waals surface area contributed by atoms with Crippen molar-refractivity contribution in [2.24, 2.45) is 0 Å². The van der Waals surface area contributed by atoms with Gasteiger partial charge in [0.05, 0.1) is 11.2 Å². The number of aryl methyl sites for hydroxylation is 2. The summed E-state index contributed by atoms with van der Waals surface area (Å²) >= 11 is 0. The SMILES string of the molecule is Cc1cnc2nc(-c3ocnc3C)[nH]c2c1. The maximum Gasteiger partial charge on any atom is 0.192 e. The zero-order chi connectivity index (χ0) is 11.1. The number of hydrogen-bond acceptors (Lipinski definition) is 4. The molecule has 0 aliphatic rings. The van der Waals surface area contributed by atoms with E-state index < -0.39 is 0 Å². The molecule has 0 spiro atoms. The summed E-state index contributed by atoms with van der Waals surface area (Å²) in [4.78, 5) is 15.8. The fourth-order valence-electron chi connectivity index (χ4n) is 1.64. The van der Waals surface area contributed by atoms with Gasteiger partial charge in [-0.15, -0.1) is 0 Å². The Balaban J connectivity index is 2.23. The van der Waals surface area contributed by atoms with Crippen LogP contribution in [0.1, 0.15) is 11.3 Å². The Hall–Kier alpha value is -2.17. The summed E-state index contributed by atoms with van der Waals surface area (Å²) in [7, 11) is 0. The summed E-state index contributed by atoms with van der Waals surface area (Å²) in [6.07, 6.45) is 3.21. The maximum absolute atomic E-state index is 5.28. The lowest BCUT2D eigenvalue weighted by atomic mass is 10.3. The number of rotatable bonds is 1. The van der Waals surface area contributed by atoms with Crippen molar-refractivity contribution in [1.29, 1.82) is 0 Å². The van der Waals surface area contributed by atoms with Crippen LogP contribution in [0.4, 0.5) is 0 Å². The number of imidazole rings is 1. The molecular weight excluding hydrogens is 204 g/mol. The molecule has 3 aromatic heterocycles. The first-order chi connectivity index (χ1) is 7.74. The molecule has 0 aliphatic heterocycles. The first-order valence-corrected chi connectivity index (χ1v) is 4.97. The zero-order valence-electron chi connectivity index (χ0n) is 8.98. The van der Waals surface area contributed by atoms with Gasteiger partial charge >= 0.3 is 0 Å². The molecule has 0 aliphatic carbocycles. The molecule has 0 atom stereocenters. The van der Waals surface area contributed by atoms with Gasteiger partial charge in [0, 0.05) is 6.20 Å². The van der Waals surface area contributed by atoms with E-state index in [-0.39, 0.29) is 0 Å². The Morgan fingerprint density at radius 1 is 1.25 bits per heavy atom. The first-order valence-electron chi connectivity index (χ1n) is 4.97. The van der Waals surface area contributed by atoms with Crippen LogP contribution in [0.5, 0.6) is 0 Å². The van der Waals surface area contributed by atoms with E-state index in [0.717, 1.165) is 16.8 Å². The molecule has 0 unspecified atom stereocenters. The van der Waals surface area contributed by atoms with Crippen LogP contribution in [0.3, 0.4) is 0 Å². The number of hydrogen-bond donors (Lipinski definition) is 1. The van der Waals surface area contributed by atoms with Crippen LogP contribution in [-0.4, -0.2) is 19.9 Å². The molecule has 3 aromatic rings. The second kappa shape index (κ2) is 3.16. The van der Waals surface area contributed by atoms with E-state index in [2.05, 4.69) is 19.9 Å². The van der Waals surface area contributed by atoms with Gasteiger partial charge in [0.15, 0.2) is 23.6 Å². The van der Waals surface area contributed by atoms with E-state index >= 15 is 0 Å².